The minimum atomic E-state index is -0.549. The molecule has 152 valence electrons. The molecule has 0 unspecified atom stereocenters. The van der Waals surface area contributed by atoms with Gasteiger partial charge in [-0.2, -0.15) is 0 Å². The smallest absolute Gasteiger partial charge is 0.352 e. The van der Waals surface area contributed by atoms with Crippen LogP contribution in [0.25, 0.3) is 16.9 Å². The SMILES string of the molecule is CCOC(=O)CNC(=O)Cn1nc2cc(-c3ccc(OC)cc3)nc(C)n2c1=O. The highest BCUT2D eigenvalue weighted by atomic mass is 16.5. The standard InChI is InChI=1S/C19H21N5O5/c1-4-29-18(26)10-20-17(25)11-23-19(27)24-12(2)21-15(9-16(24)22-23)13-5-7-14(28-3)8-6-13/h5-9H,4,10-11H2,1-3H3,(H,20,25). The van der Waals surface area contributed by atoms with Crippen molar-refractivity contribution in [2.45, 2.75) is 20.4 Å². The third-order valence-corrected chi connectivity index (χ3v) is 4.15. The molecular formula is C19H21N5O5. The van der Waals surface area contributed by atoms with E-state index in [4.69, 9.17) is 9.47 Å². The number of esters is 1. The maximum atomic E-state index is 12.6. The summed E-state index contributed by atoms with van der Waals surface area (Å²) in [5.74, 6) is 0.0919. The first-order valence-corrected chi connectivity index (χ1v) is 8.97. The topological polar surface area (TPSA) is 117 Å². The van der Waals surface area contributed by atoms with Crippen LogP contribution < -0.4 is 15.7 Å². The predicted octanol–water partition coefficient (Wildman–Crippen LogP) is 0.554. The van der Waals surface area contributed by atoms with Gasteiger partial charge in [-0.15, -0.1) is 5.10 Å². The third kappa shape index (κ3) is 4.42. The summed E-state index contributed by atoms with van der Waals surface area (Å²) in [6, 6.07) is 9.01. The summed E-state index contributed by atoms with van der Waals surface area (Å²) in [5.41, 5.74) is 1.36. The molecule has 29 heavy (non-hydrogen) atoms. The maximum absolute atomic E-state index is 12.6. The van der Waals surface area contributed by atoms with Crippen molar-refractivity contribution in [2.24, 2.45) is 0 Å². The Bertz CT molecular complexity index is 1100. The van der Waals surface area contributed by atoms with Gasteiger partial charge in [-0.1, -0.05) is 0 Å². The summed E-state index contributed by atoms with van der Waals surface area (Å²) in [6.45, 7) is 3.00. The average molecular weight is 399 g/mol. The van der Waals surface area contributed by atoms with E-state index in [2.05, 4.69) is 15.4 Å². The van der Waals surface area contributed by atoms with Crippen molar-refractivity contribution in [2.75, 3.05) is 20.3 Å². The number of ether oxygens (including phenoxy) is 2. The summed E-state index contributed by atoms with van der Waals surface area (Å²) in [5, 5.41) is 6.62. The van der Waals surface area contributed by atoms with Crippen LogP contribution in [0, 0.1) is 6.92 Å². The number of hydrogen-bond acceptors (Lipinski definition) is 7. The van der Waals surface area contributed by atoms with Crippen LogP contribution in [0.2, 0.25) is 0 Å². The van der Waals surface area contributed by atoms with Gasteiger partial charge in [-0.3, -0.25) is 9.59 Å². The van der Waals surface area contributed by atoms with Crippen molar-refractivity contribution in [1.82, 2.24) is 24.5 Å². The zero-order chi connectivity index (χ0) is 21.0. The molecule has 0 atom stereocenters. The van der Waals surface area contributed by atoms with Crippen LogP contribution in [0.4, 0.5) is 0 Å². The highest BCUT2D eigenvalue weighted by Gasteiger charge is 2.15. The Morgan fingerprint density at radius 3 is 2.59 bits per heavy atom. The van der Waals surface area contributed by atoms with Crippen molar-refractivity contribution >= 4 is 17.5 Å². The van der Waals surface area contributed by atoms with Gasteiger partial charge in [-0.05, 0) is 38.1 Å². The van der Waals surface area contributed by atoms with Gasteiger partial charge in [0, 0.05) is 11.6 Å². The quantitative estimate of drug-likeness (QED) is 0.577. The first kappa shape index (κ1) is 20.1. The number of hydrogen-bond donors (Lipinski definition) is 1. The van der Waals surface area contributed by atoms with Gasteiger partial charge in [0.25, 0.3) is 0 Å². The number of aromatic nitrogens is 4. The maximum Gasteiger partial charge on any atom is 0.352 e. The summed E-state index contributed by atoms with van der Waals surface area (Å²) in [4.78, 5) is 40.4. The lowest BCUT2D eigenvalue weighted by atomic mass is 10.1. The second-order valence-electron chi connectivity index (χ2n) is 6.13. The second kappa shape index (κ2) is 8.55. The summed E-state index contributed by atoms with van der Waals surface area (Å²) < 4.78 is 12.3. The number of aryl methyl sites for hydroxylation is 1. The molecule has 0 aliphatic heterocycles. The molecule has 2 heterocycles. The number of carbonyl (C=O) groups is 2. The number of amides is 1. The van der Waals surface area contributed by atoms with Crippen molar-refractivity contribution in [3.05, 3.63) is 46.6 Å². The van der Waals surface area contributed by atoms with Gasteiger partial charge in [0.05, 0.1) is 19.4 Å². The third-order valence-electron chi connectivity index (χ3n) is 4.15. The molecule has 3 rings (SSSR count). The van der Waals surface area contributed by atoms with Crippen molar-refractivity contribution in [3.63, 3.8) is 0 Å². The first-order chi connectivity index (χ1) is 13.9. The Labute approximate surface area is 166 Å². The highest BCUT2D eigenvalue weighted by Crippen LogP contribution is 2.21. The zero-order valence-corrected chi connectivity index (χ0v) is 16.3. The first-order valence-electron chi connectivity index (χ1n) is 8.97. The van der Waals surface area contributed by atoms with E-state index in [-0.39, 0.29) is 19.7 Å². The predicted molar refractivity (Wildman–Crippen MR) is 104 cm³/mol. The Kier molecular flexibility index (Phi) is 5.91. The van der Waals surface area contributed by atoms with Gasteiger partial charge in [0.15, 0.2) is 5.65 Å². The number of nitrogens with one attached hydrogen (secondary N) is 1. The lowest BCUT2D eigenvalue weighted by Crippen LogP contribution is -2.36. The number of rotatable bonds is 7. The normalized spacial score (nSPS) is 10.7. The zero-order valence-electron chi connectivity index (χ0n) is 16.3. The van der Waals surface area contributed by atoms with Crippen LogP contribution in [-0.4, -0.2) is 51.3 Å². The molecule has 0 fully saturated rings. The van der Waals surface area contributed by atoms with Crippen LogP contribution >= 0.6 is 0 Å². The van der Waals surface area contributed by atoms with E-state index in [1.54, 1.807) is 27.0 Å². The fraction of sp³-hybridized carbons (Fsp3) is 0.316. The molecule has 2 aromatic heterocycles. The molecule has 0 aliphatic rings. The number of fused-ring (bicyclic) bond motifs is 1. The minimum Gasteiger partial charge on any atom is -0.497 e. The molecule has 0 saturated carbocycles. The van der Waals surface area contributed by atoms with E-state index in [1.165, 1.54) is 4.40 Å². The second-order valence-corrected chi connectivity index (χ2v) is 6.13. The fourth-order valence-electron chi connectivity index (χ4n) is 2.79. The van der Waals surface area contributed by atoms with Crippen molar-refractivity contribution < 1.29 is 19.1 Å². The Hall–Kier alpha value is -3.69. The Morgan fingerprint density at radius 2 is 1.93 bits per heavy atom. The average Bonchev–Trinajstić information content (AvgIpc) is 3.02. The van der Waals surface area contributed by atoms with E-state index < -0.39 is 17.6 Å². The molecule has 0 saturated heterocycles. The summed E-state index contributed by atoms with van der Waals surface area (Å²) in [7, 11) is 1.59. The van der Waals surface area contributed by atoms with Crippen LogP contribution in [0.5, 0.6) is 5.75 Å². The molecule has 1 N–H and O–H groups in total. The van der Waals surface area contributed by atoms with Gasteiger partial charge < -0.3 is 14.8 Å². The molecule has 0 spiro atoms. The monoisotopic (exact) mass is 399 g/mol. The fourth-order valence-corrected chi connectivity index (χ4v) is 2.79. The Morgan fingerprint density at radius 1 is 1.21 bits per heavy atom. The number of nitrogens with zero attached hydrogens (tertiary/aromatic N) is 4. The molecule has 0 aliphatic carbocycles. The van der Waals surface area contributed by atoms with Gasteiger partial charge in [0.2, 0.25) is 5.91 Å². The van der Waals surface area contributed by atoms with Crippen LogP contribution in [0.15, 0.2) is 35.1 Å². The molecule has 1 amide bonds. The van der Waals surface area contributed by atoms with Gasteiger partial charge in [0.1, 0.15) is 24.7 Å². The summed E-state index contributed by atoms with van der Waals surface area (Å²) in [6.07, 6.45) is 0. The highest BCUT2D eigenvalue weighted by molar-refractivity contribution is 5.81. The molecule has 3 aromatic rings. The molecule has 0 bridgehead atoms. The van der Waals surface area contributed by atoms with Crippen LogP contribution in [-0.2, 0) is 20.9 Å². The van der Waals surface area contributed by atoms with Crippen molar-refractivity contribution in [1.29, 1.82) is 0 Å². The lowest BCUT2D eigenvalue weighted by molar-refractivity contribution is -0.143. The van der Waals surface area contributed by atoms with Crippen LogP contribution in [0.3, 0.4) is 0 Å². The van der Waals surface area contributed by atoms with E-state index in [0.717, 1.165) is 16.0 Å². The molecule has 0 radical (unpaired) electrons. The number of benzene rings is 1. The van der Waals surface area contributed by atoms with E-state index in [9.17, 15) is 14.4 Å². The lowest BCUT2D eigenvalue weighted by Gasteiger charge is -2.05. The van der Waals surface area contributed by atoms with Crippen molar-refractivity contribution in [3.8, 4) is 17.0 Å². The molecular weight excluding hydrogens is 378 g/mol. The van der Waals surface area contributed by atoms with E-state index in [0.29, 0.717) is 17.2 Å². The number of carbonyl (C=O) groups excluding carboxylic acids is 2. The van der Waals surface area contributed by atoms with E-state index >= 15 is 0 Å². The Balaban J connectivity index is 1.84. The van der Waals surface area contributed by atoms with Crippen LogP contribution in [0.1, 0.15) is 12.7 Å². The molecule has 1 aromatic carbocycles. The number of methoxy groups -OCH3 is 1. The van der Waals surface area contributed by atoms with Gasteiger partial charge >= 0.3 is 11.7 Å². The largest absolute Gasteiger partial charge is 0.497 e. The molecule has 10 heteroatoms. The van der Waals surface area contributed by atoms with E-state index in [1.807, 2.05) is 24.3 Å². The minimum absolute atomic E-state index is 0.226. The van der Waals surface area contributed by atoms with Gasteiger partial charge in [-0.25, -0.2) is 18.9 Å². The molecule has 10 nitrogen and oxygen atoms in total. The summed E-state index contributed by atoms with van der Waals surface area (Å²) >= 11 is 0.